The minimum Gasteiger partial charge on any atom is -0.494 e. The summed E-state index contributed by atoms with van der Waals surface area (Å²) < 4.78 is 25.1. The van der Waals surface area contributed by atoms with Crippen molar-refractivity contribution in [2.45, 2.75) is 96.3 Å². The summed E-state index contributed by atoms with van der Waals surface area (Å²) >= 11 is 0. The van der Waals surface area contributed by atoms with E-state index in [2.05, 4.69) is 41.0 Å². The summed E-state index contributed by atoms with van der Waals surface area (Å²) in [7, 11) is 1.89. The van der Waals surface area contributed by atoms with E-state index >= 15 is 0 Å². The Kier molecular flexibility index (Phi) is 20.3. The van der Waals surface area contributed by atoms with Crippen LogP contribution in [0.3, 0.4) is 0 Å². The second-order valence-electron chi connectivity index (χ2n) is 19.3. The molecule has 2 fully saturated rings. The molecule has 8 rings (SSSR count). The van der Waals surface area contributed by atoms with Crippen LogP contribution in [0.4, 0.5) is 11.4 Å². The number of piperazine rings is 1. The number of unbranched alkanes of at least 4 members (excludes halogenated alkanes) is 5. The van der Waals surface area contributed by atoms with Gasteiger partial charge in [0, 0.05) is 94.5 Å². The van der Waals surface area contributed by atoms with E-state index in [0.29, 0.717) is 121 Å². The standard InChI is InChI=1S/C56H71N11O9/c1-40(60-54(70)42-13-10-14-44(34-42)58-37-50-62-63-53(64(50)2)48-21-22-57-39-59-48)41-12-11-15-46(36-41)76-29-9-4-3-7-27-73-30-32-75-33-31-74-28-8-5-6-16-52(69)66-25-23-65(24-26-66)45-17-18-47-43(35-45)38-67(56(47)72)49-19-20-51(68)61-55(49)71/h10-15,17-18,21-22,34-36,39-40,49,58H,3-9,16,19-20,23-33,37-38H2,1-2H3,(H,60,70)(H,61,68,71). The lowest BCUT2D eigenvalue weighted by molar-refractivity contribution is -0.137. The van der Waals surface area contributed by atoms with Crippen LogP contribution in [0.25, 0.3) is 11.5 Å². The molecule has 0 radical (unpaired) electrons. The molecule has 3 aliphatic heterocycles. The van der Waals surface area contributed by atoms with Gasteiger partial charge in [-0.2, -0.15) is 0 Å². The van der Waals surface area contributed by atoms with Crippen LogP contribution >= 0.6 is 0 Å². The molecule has 0 aliphatic carbocycles. The Morgan fingerprint density at radius 1 is 0.789 bits per heavy atom. The summed E-state index contributed by atoms with van der Waals surface area (Å²) in [5.74, 6) is 1.26. The maximum Gasteiger partial charge on any atom is 0.255 e. The zero-order valence-corrected chi connectivity index (χ0v) is 43.8. The first-order chi connectivity index (χ1) is 37.1. The number of amides is 5. The predicted octanol–water partition coefficient (Wildman–Crippen LogP) is 6.03. The molecule has 20 nitrogen and oxygen atoms in total. The minimum atomic E-state index is -0.632. The number of piperidine rings is 1. The number of ether oxygens (including phenoxy) is 4. The second-order valence-corrected chi connectivity index (χ2v) is 19.3. The van der Waals surface area contributed by atoms with Crippen molar-refractivity contribution in [3.63, 3.8) is 0 Å². The highest BCUT2D eigenvalue weighted by Crippen LogP contribution is 2.31. The third-order valence-corrected chi connectivity index (χ3v) is 13.9. The molecule has 3 N–H and O–H groups in total. The molecule has 5 aromatic rings. The zero-order valence-electron chi connectivity index (χ0n) is 43.8. The van der Waals surface area contributed by atoms with E-state index in [1.807, 2.05) is 84.1 Å². The third-order valence-electron chi connectivity index (χ3n) is 13.9. The highest BCUT2D eigenvalue weighted by atomic mass is 16.5. The third kappa shape index (κ3) is 15.4. The highest BCUT2D eigenvalue weighted by Gasteiger charge is 2.39. The van der Waals surface area contributed by atoms with Gasteiger partial charge in [0.25, 0.3) is 11.8 Å². The molecule has 0 saturated carbocycles. The van der Waals surface area contributed by atoms with Gasteiger partial charge in [-0.25, -0.2) is 9.97 Å². The van der Waals surface area contributed by atoms with Gasteiger partial charge in [-0.1, -0.05) is 31.0 Å². The van der Waals surface area contributed by atoms with Crippen molar-refractivity contribution in [2.75, 3.05) is 82.6 Å². The summed E-state index contributed by atoms with van der Waals surface area (Å²) in [6, 6.07) is 21.9. The lowest BCUT2D eigenvalue weighted by Gasteiger charge is -2.36. The predicted molar refractivity (Wildman–Crippen MR) is 284 cm³/mol. The first-order valence-corrected chi connectivity index (χ1v) is 26.7. The number of hydrogen-bond donors (Lipinski definition) is 3. The SMILES string of the molecule is CC(NC(=O)c1cccc(NCc2nnc(-c3ccncn3)n2C)c1)c1cccc(OCCCCCCOCCOCCOCCCCCC(=O)N2CCN(c3ccc4c(c3)CN(C3CCC(=O)NC3=O)C4=O)CC2)c1. The van der Waals surface area contributed by atoms with Crippen molar-refractivity contribution in [3.05, 3.63) is 113 Å². The van der Waals surface area contributed by atoms with Gasteiger partial charge in [-0.05, 0) is 111 Å². The van der Waals surface area contributed by atoms with Crippen LogP contribution in [-0.2, 0) is 48.7 Å². The summed E-state index contributed by atoms with van der Waals surface area (Å²) in [6.07, 6.45) is 10.9. The quantitative estimate of drug-likeness (QED) is 0.0367. The molecule has 76 heavy (non-hydrogen) atoms. The van der Waals surface area contributed by atoms with Crippen LogP contribution in [0.1, 0.15) is 115 Å². The van der Waals surface area contributed by atoms with E-state index in [0.717, 1.165) is 79.0 Å². The molecule has 5 amide bonds. The first-order valence-electron chi connectivity index (χ1n) is 26.7. The minimum absolute atomic E-state index is 0.175. The molecule has 2 saturated heterocycles. The Bertz CT molecular complexity index is 2730. The van der Waals surface area contributed by atoms with Crippen LogP contribution in [0.15, 0.2) is 85.3 Å². The molecule has 3 aliphatic rings. The maximum absolute atomic E-state index is 13.3. The summed E-state index contributed by atoms with van der Waals surface area (Å²) in [4.78, 5) is 77.3. The number of anilines is 2. The zero-order chi connectivity index (χ0) is 53.1. The van der Waals surface area contributed by atoms with Gasteiger partial charge in [-0.15, -0.1) is 10.2 Å². The monoisotopic (exact) mass is 1040 g/mol. The number of benzene rings is 3. The number of imide groups is 1. The van der Waals surface area contributed by atoms with E-state index in [-0.39, 0.29) is 36.1 Å². The fourth-order valence-electron chi connectivity index (χ4n) is 9.53. The summed E-state index contributed by atoms with van der Waals surface area (Å²) in [5.41, 5.74) is 5.46. The summed E-state index contributed by atoms with van der Waals surface area (Å²) in [6.45, 7) is 9.49. The molecule has 3 aromatic carbocycles. The first kappa shape index (κ1) is 55.0. The molecule has 20 heteroatoms. The number of aromatic nitrogens is 5. The van der Waals surface area contributed by atoms with Crippen LogP contribution in [0.2, 0.25) is 0 Å². The number of carbonyl (C=O) groups excluding carboxylic acids is 5. The number of carbonyl (C=O) groups is 5. The van der Waals surface area contributed by atoms with E-state index < -0.39 is 11.9 Å². The van der Waals surface area contributed by atoms with Crippen molar-refractivity contribution in [1.29, 1.82) is 0 Å². The van der Waals surface area contributed by atoms with Gasteiger partial charge in [0.05, 0.1) is 45.6 Å². The molecule has 5 heterocycles. The largest absolute Gasteiger partial charge is 0.494 e. The lowest BCUT2D eigenvalue weighted by Crippen LogP contribution is -2.52. The van der Waals surface area contributed by atoms with Crippen molar-refractivity contribution in [1.82, 2.24) is 45.2 Å². The van der Waals surface area contributed by atoms with E-state index in [1.54, 1.807) is 23.2 Å². The Balaban J connectivity index is 0.587. The van der Waals surface area contributed by atoms with Gasteiger partial charge < -0.3 is 48.8 Å². The Morgan fingerprint density at radius 3 is 2.28 bits per heavy atom. The number of fused-ring (bicyclic) bond motifs is 1. The Hall–Kier alpha value is -7.29. The van der Waals surface area contributed by atoms with E-state index in [4.69, 9.17) is 18.9 Å². The molecule has 404 valence electrons. The molecule has 0 spiro atoms. The maximum atomic E-state index is 13.3. The van der Waals surface area contributed by atoms with E-state index in [1.165, 1.54) is 6.33 Å². The van der Waals surface area contributed by atoms with Crippen LogP contribution in [0, 0.1) is 0 Å². The molecule has 2 unspecified atom stereocenters. The van der Waals surface area contributed by atoms with Crippen LogP contribution in [-0.4, -0.2) is 143 Å². The second kappa shape index (κ2) is 28.0. The van der Waals surface area contributed by atoms with Crippen molar-refractivity contribution < 1.29 is 42.9 Å². The van der Waals surface area contributed by atoms with Crippen LogP contribution < -0.4 is 25.6 Å². The van der Waals surface area contributed by atoms with Crippen molar-refractivity contribution in [2.24, 2.45) is 7.05 Å². The number of rotatable bonds is 29. The average Bonchev–Trinajstić information content (AvgIpc) is 3.98. The van der Waals surface area contributed by atoms with E-state index in [9.17, 15) is 24.0 Å². The molecule has 0 bridgehead atoms. The molecular weight excluding hydrogens is 971 g/mol. The highest BCUT2D eigenvalue weighted by molar-refractivity contribution is 6.05. The fraction of sp³-hybridized carbons (Fsp3) is 0.482. The van der Waals surface area contributed by atoms with Gasteiger partial charge in [-0.3, -0.25) is 29.3 Å². The Labute approximate surface area is 444 Å². The van der Waals surface area contributed by atoms with Gasteiger partial charge in [0.1, 0.15) is 23.8 Å². The Morgan fingerprint density at radius 2 is 1.53 bits per heavy atom. The molecule has 2 atom stereocenters. The number of hydrogen-bond acceptors (Lipinski definition) is 15. The average molecular weight is 1040 g/mol. The molecule has 2 aromatic heterocycles. The van der Waals surface area contributed by atoms with Gasteiger partial charge in [0.15, 0.2) is 11.6 Å². The fourth-order valence-corrected chi connectivity index (χ4v) is 9.53. The normalized spacial score (nSPS) is 15.9. The number of nitrogens with one attached hydrogen (secondary N) is 3. The smallest absolute Gasteiger partial charge is 0.255 e. The van der Waals surface area contributed by atoms with Gasteiger partial charge in [0.2, 0.25) is 17.7 Å². The van der Waals surface area contributed by atoms with Gasteiger partial charge >= 0.3 is 0 Å². The van der Waals surface area contributed by atoms with Crippen LogP contribution in [0.5, 0.6) is 5.75 Å². The topological polar surface area (TPSA) is 225 Å². The van der Waals surface area contributed by atoms with Crippen molar-refractivity contribution >= 4 is 40.9 Å². The summed E-state index contributed by atoms with van der Waals surface area (Å²) in [5, 5.41) is 17.4. The number of nitrogens with zero attached hydrogens (tertiary/aromatic N) is 8. The molecular formula is C56H71N11O9. The lowest BCUT2D eigenvalue weighted by atomic mass is 10.0. The van der Waals surface area contributed by atoms with Crippen molar-refractivity contribution in [3.8, 4) is 17.3 Å².